The van der Waals surface area contributed by atoms with Gasteiger partial charge in [0.15, 0.2) is 5.16 Å². The van der Waals surface area contributed by atoms with E-state index in [0.29, 0.717) is 0 Å². The van der Waals surface area contributed by atoms with Gasteiger partial charge in [0.2, 0.25) is 0 Å². The number of pyridine rings is 1. The number of aryl methyl sites for hydroxylation is 1. The number of fused-ring (bicyclic) bond motifs is 1. The van der Waals surface area contributed by atoms with Crippen LogP contribution in [-0.4, -0.2) is 43.4 Å². The Morgan fingerprint density at radius 2 is 2.30 bits per heavy atom. The second kappa shape index (κ2) is 7.54. The first-order valence-corrected chi connectivity index (χ1v) is 8.74. The van der Waals surface area contributed by atoms with Crippen LogP contribution in [-0.2, 0) is 11.3 Å². The minimum atomic E-state index is -0.825. The number of aromatic nitrogens is 3. The van der Waals surface area contributed by atoms with Gasteiger partial charge in [-0.1, -0.05) is 11.8 Å². The normalized spacial score (nSPS) is 11.1. The number of carboxylic acids is 1. The van der Waals surface area contributed by atoms with Crippen LogP contribution < -0.4 is 0 Å². The van der Waals surface area contributed by atoms with Crippen molar-refractivity contribution in [2.75, 3.05) is 17.8 Å². The average molecular weight is 311 g/mol. The molecule has 0 aliphatic rings. The molecule has 0 aliphatic carbocycles. The third kappa shape index (κ3) is 3.89. The van der Waals surface area contributed by atoms with Crippen LogP contribution in [0.15, 0.2) is 23.6 Å². The molecule has 1 N–H and O–H groups in total. The monoisotopic (exact) mass is 311 g/mol. The topological polar surface area (TPSA) is 68.0 Å². The third-order valence-corrected chi connectivity index (χ3v) is 4.48. The van der Waals surface area contributed by atoms with Crippen LogP contribution in [0.25, 0.3) is 11.0 Å². The van der Waals surface area contributed by atoms with Crippen LogP contribution in [0.2, 0.25) is 0 Å². The Labute approximate surface area is 126 Å². The number of nitrogens with zero attached hydrogens (tertiary/aromatic N) is 3. The molecule has 20 heavy (non-hydrogen) atoms. The quantitative estimate of drug-likeness (QED) is 0.597. The number of aliphatic carboxylic acids is 1. The number of unbranched alkanes of at least 4 members (excludes halogenated alkanes) is 1. The molecule has 0 atom stereocenters. The highest BCUT2D eigenvalue weighted by Crippen LogP contribution is 2.24. The fourth-order valence-corrected chi connectivity index (χ4v) is 3.18. The number of imidazole rings is 1. The number of carbonyl (C=O) groups is 1. The number of hydrogen-bond acceptors (Lipinski definition) is 5. The van der Waals surface area contributed by atoms with Crippen LogP contribution in [0.5, 0.6) is 0 Å². The van der Waals surface area contributed by atoms with E-state index in [4.69, 9.17) is 5.11 Å². The molecule has 0 radical (unpaired) electrons. The summed E-state index contributed by atoms with van der Waals surface area (Å²) in [6.07, 6.45) is 7.78. The first-order chi connectivity index (χ1) is 9.72. The van der Waals surface area contributed by atoms with Crippen LogP contribution in [0, 0.1) is 0 Å². The molecule has 0 unspecified atom stereocenters. The molecule has 0 bridgehead atoms. The zero-order valence-electron chi connectivity index (χ0n) is 11.3. The van der Waals surface area contributed by atoms with E-state index in [1.165, 1.54) is 11.8 Å². The van der Waals surface area contributed by atoms with Crippen molar-refractivity contribution >= 4 is 40.5 Å². The van der Waals surface area contributed by atoms with Gasteiger partial charge in [0, 0.05) is 12.7 Å². The van der Waals surface area contributed by atoms with Crippen molar-refractivity contribution in [3.05, 3.63) is 18.5 Å². The summed E-state index contributed by atoms with van der Waals surface area (Å²) in [5.74, 6) is 0.349. The Morgan fingerprint density at radius 1 is 1.45 bits per heavy atom. The van der Waals surface area contributed by atoms with E-state index >= 15 is 0 Å². The van der Waals surface area contributed by atoms with E-state index in [-0.39, 0.29) is 5.75 Å². The number of rotatable bonds is 8. The van der Waals surface area contributed by atoms with Gasteiger partial charge in [0.25, 0.3) is 0 Å². The lowest BCUT2D eigenvalue weighted by Gasteiger charge is -2.07. The van der Waals surface area contributed by atoms with Crippen molar-refractivity contribution in [1.82, 2.24) is 14.5 Å². The summed E-state index contributed by atoms with van der Waals surface area (Å²) < 4.78 is 2.10. The van der Waals surface area contributed by atoms with Crippen LogP contribution >= 0.6 is 23.5 Å². The molecule has 0 saturated heterocycles. The number of hydrogen-bond donors (Lipinski definition) is 1. The second-order valence-electron chi connectivity index (χ2n) is 4.29. The van der Waals surface area contributed by atoms with Crippen molar-refractivity contribution in [2.24, 2.45) is 0 Å². The maximum Gasteiger partial charge on any atom is 0.313 e. The molecule has 2 heterocycles. The van der Waals surface area contributed by atoms with Crippen molar-refractivity contribution in [3.63, 3.8) is 0 Å². The van der Waals surface area contributed by atoms with Crippen LogP contribution in [0.3, 0.4) is 0 Å². The summed E-state index contributed by atoms with van der Waals surface area (Å²) in [5.41, 5.74) is 1.85. The van der Waals surface area contributed by atoms with E-state index in [9.17, 15) is 4.79 Å². The van der Waals surface area contributed by atoms with Crippen LogP contribution in [0.4, 0.5) is 0 Å². The van der Waals surface area contributed by atoms with Crippen LogP contribution in [0.1, 0.15) is 12.8 Å². The summed E-state index contributed by atoms with van der Waals surface area (Å²) in [6, 6.07) is 1.93. The fourth-order valence-electron chi connectivity index (χ4n) is 1.93. The molecule has 0 amide bonds. The van der Waals surface area contributed by atoms with Gasteiger partial charge in [-0.15, -0.1) is 0 Å². The SMILES string of the molecule is CSCCCCn1c(SCC(=O)O)nc2cnccc21. The predicted octanol–water partition coefficient (Wildman–Crippen LogP) is 2.75. The zero-order valence-corrected chi connectivity index (χ0v) is 12.9. The lowest BCUT2D eigenvalue weighted by atomic mass is 10.3. The second-order valence-corrected chi connectivity index (χ2v) is 6.22. The van der Waals surface area contributed by atoms with Gasteiger partial charge in [0.1, 0.15) is 5.52 Å². The Bertz CT molecular complexity index is 586. The number of thioether (sulfide) groups is 2. The van der Waals surface area contributed by atoms with Gasteiger partial charge in [-0.3, -0.25) is 9.78 Å². The van der Waals surface area contributed by atoms with Gasteiger partial charge in [0.05, 0.1) is 17.5 Å². The van der Waals surface area contributed by atoms with Gasteiger partial charge < -0.3 is 9.67 Å². The first-order valence-electron chi connectivity index (χ1n) is 6.36. The molecule has 0 aliphatic heterocycles. The molecule has 108 valence electrons. The predicted molar refractivity (Wildman–Crippen MR) is 83.5 cm³/mol. The van der Waals surface area contributed by atoms with Gasteiger partial charge in [-0.25, -0.2) is 4.98 Å². The maximum absolute atomic E-state index is 10.7. The Balaban J connectivity index is 2.18. The smallest absolute Gasteiger partial charge is 0.313 e. The molecular formula is C13H17N3O2S2. The van der Waals surface area contributed by atoms with Crippen molar-refractivity contribution in [1.29, 1.82) is 0 Å². The summed E-state index contributed by atoms with van der Waals surface area (Å²) in [5, 5.41) is 9.58. The largest absolute Gasteiger partial charge is 0.481 e. The standard InChI is InChI=1S/C13H17N3O2S2/c1-19-7-3-2-6-16-11-4-5-14-8-10(11)15-13(16)20-9-12(17)18/h4-5,8H,2-3,6-7,9H2,1H3,(H,17,18). The van der Waals surface area contributed by atoms with Crippen molar-refractivity contribution in [2.45, 2.75) is 24.5 Å². The molecule has 0 aromatic carbocycles. The molecule has 2 aromatic heterocycles. The zero-order chi connectivity index (χ0) is 14.4. The molecule has 0 saturated carbocycles. The molecular weight excluding hydrogens is 294 g/mol. The Morgan fingerprint density at radius 3 is 3.05 bits per heavy atom. The van der Waals surface area contributed by atoms with E-state index < -0.39 is 5.97 Å². The van der Waals surface area contributed by atoms with E-state index in [2.05, 4.69) is 20.8 Å². The highest BCUT2D eigenvalue weighted by Gasteiger charge is 2.12. The lowest BCUT2D eigenvalue weighted by molar-refractivity contribution is -0.133. The van der Waals surface area contributed by atoms with E-state index in [1.54, 1.807) is 12.4 Å². The maximum atomic E-state index is 10.7. The third-order valence-electron chi connectivity index (χ3n) is 2.82. The molecule has 0 fully saturated rings. The van der Waals surface area contributed by atoms with Gasteiger partial charge in [-0.05, 0) is 30.9 Å². The highest BCUT2D eigenvalue weighted by atomic mass is 32.2. The van der Waals surface area contributed by atoms with Gasteiger partial charge in [-0.2, -0.15) is 11.8 Å². The lowest BCUT2D eigenvalue weighted by Crippen LogP contribution is -2.04. The van der Waals surface area contributed by atoms with Gasteiger partial charge >= 0.3 is 5.97 Å². The summed E-state index contributed by atoms with van der Waals surface area (Å²) in [6.45, 7) is 0.864. The van der Waals surface area contributed by atoms with Crippen molar-refractivity contribution in [3.8, 4) is 0 Å². The minimum absolute atomic E-state index is 0.0293. The average Bonchev–Trinajstić information content (AvgIpc) is 2.79. The van der Waals surface area contributed by atoms with Crippen molar-refractivity contribution < 1.29 is 9.90 Å². The minimum Gasteiger partial charge on any atom is -0.481 e. The molecule has 7 heteroatoms. The molecule has 0 spiro atoms. The summed E-state index contributed by atoms with van der Waals surface area (Å²) >= 11 is 3.11. The molecule has 2 rings (SSSR count). The Kier molecular flexibility index (Phi) is 5.72. The first kappa shape index (κ1) is 15.2. The summed E-state index contributed by atoms with van der Waals surface area (Å²) in [7, 11) is 0. The highest BCUT2D eigenvalue weighted by molar-refractivity contribution is 7.99. The van der Waals surface area contributed by atoms with E-state index in [1.807, 2.05) is 17.8 Å². The van der Waals surface area contributed by atoms with E-state index in [0.717, 1.165) is 41.3 Å². The summed E-state index contributed by atoms with van der Waals surface area (Å²) in [4.78, 5) is 19.3. The fraction of sp³-hybridized carbons (Fsp3) is 0.462. The Hall–Kier alpha value is -1.21. The molecule has 5 nitrogen and oxygen atoms in total. The number of carboxylic acid groups (broad SMARTS) is 1. The molecule has 2 aromatic rings.